The number of carbonyl (C=O) groups excluding carboxylic acids is 1. The highest BCUT2D eigenvalue weighted by molar-refractivity contribution is 5.68. The van der Waals surface area contributed by atoms with Crippen molar-refractivity contribution in [2.24, 2.45) is 11.8 Å². The number of aliphatic hydroxyl groups is 1. The van der Waals surface area contributed by atoms with Crippen molar-refractivity contribution in [3.8, 4) is 0 Å². The highest BCUT2D eigenvalue weighted by atomic mass is 16.6. The molecular weight excluding hydrogens is 242 g/mol. The molecule has 1 fully saturated rings. The van der Waals surface area contributed by atoms with Gasteiger partial charge in [-0.3, -0.25) is 0 Å². The molecule has 1 saturated carbocycles. The zero-order valence-corrected chi connectivity index (χ0v) is 12.7. The first-order chi connectivity index (χ1) is 8.81. The second kappa shape index (κ2) is 7.13. The van der Waals surface area contributed by atoms with Crippen molar-refractivity contribution in [1.82, 2.24) is 5.32 Å². The summed E-state index contributed by atoms with van der Waals surface area (Å²) in [6.45, 7) is 8.15. The number of hydrogen-bond acceptors (Lipinski definition) is 3. The largest absolute Gasteiger partial charge is 0.444 e. The molecule has 1 aliphatic carbocycles. The summed E-state index contributed by atoms with van der Waals surface area (Å²) < 4.78 is 5.29. The minimum Gasteiger partial charge on any atom is -0.444 e. The van der Waals surface area contributed by atoms with Gasteiger partial charge < -0.3 is 15.2 Å². The lowest BCUT2D eigenvalue weighted by atomic mass is 9.76. The molecule has 0 saturated heterocycles. The van der Waals surface area contributed by atoms with Gasteiger partial charge in [0.2, 0.25) is 0 Å². The molecule has 0 aromatic rings. The first kappa shape index (κ1) is 16.3. The van der Waals surface area contributed by atoms with Gasteiger partial charge >= 0.3 is 6.09 Å². The number of ether oxygens (including phenoxy) is 1. The Morgan fingerprint density at radius 2 is 2.05 bits per heavy atom. The Balaban J connectivity index is 2.40. The van der Waals surface area contributed by atoms with Gasteiger partial charge in [-0.15, -0.1) is 0 Å². The van der Waals surface area contributed by atoms with Crippen LogP contribution < -0.4 is 5.32 Å². The number of aliphatic hydroxyl groups excluding tert-OH is 1. The smallest absolute Gasteiger partial charge is 0.407 e. The third-order valence-corrected chi connectivity index (χ3v) is 3.82. The molecule has 0 aromatic heterocycles. The second-order valence-corrected chi connectivity index (χ2v) is 6.76. The molecule has 0 radical (unpaired) electrons. The molecule has 1 amide bonds. The van der Waals surface area contributed by atoms with Gasteiger partial charge in [0.15, 0.2) is 0 Å². The summed E-state index contributed by atoms with van der Waals surface area (Å²) in [6.07, 6.45) is 4.75. The van der Waals surface area contributed by atoms with Crippen LogP contribution >= 0.6 is 0 Å². The Morgan fingerprint density at radius 1 is 1.37 bits per heavy atom. The Labute approximate surface area is 116 Å². The zero-order valence-electron chi connectivity index (χ0n) is 12.7. The van der Waals surface area contributed by atoms with E-state index in [1.165, 1.54) is 0 Å². The number of nitrogens with one attached hydrogen (secondary N) is 1. The maximum Gasteiger partial charge on any atom is 0.407 e. The van der Waals surface area contributed by atoms with Crippen LogP contribution in [0.2, 0.25) is 0 Å². The predicted molar refractivity (Wildman–Crippen MR) is 76.0 cm³/mol. The second-order valence-electron chi connectivity index (χ2n) is 6.76. The van der Waals surface area contributed by atoms with Crippen molar-refractivity contribution in [1.29, 1.82) is 0 Å². The molecule has 0 bridgehead atoms. The minimum absolute atomic E-state index is 0.217. The van der Waals surface area contributed by atoms with E-state index in [4.69, 9.17) is 9.84 Å². The van der Waals surface area contributed by atoms with Crippen molar-refractivity contribution in [2.75, 3.05) is 6.61 Å². The Hall–Kier alpha value is -0.770. The van der Waals surface area contributed by atoms with Crippen LogP contribution in [0.4, 0.5) is 4.79 Å². The molecule has 1 rings (SSSR count). The molecule has 0 aliphatic heterocycles. The van der Waals surface area contributed by atoms with E-state index in [-0.39, 0.29) is 18.7 Å². The fourth-order valence-electron chi connectivity index (χ4n) is 2.78. The van der Waals surface area contributed by atoms with Crippen molar-refractivity contribution in [3.63, 3.8) is 0 Å². The topological polar surface area (TPSA) is 58.6 Å². The highest BCUT2D eigenvalue weighted by Crippen LogP contribution is 2.33. The number of hydrogen-bond donors (Lipinski definition) is 2. The summed E-state index contributed by atoms with van der Waals surface area (Å²) in [4.78, 5) is 11.8. The lowest BCUT2D eigenvalue weighted by molar-refractivity contribution is 0.0470. The van der Waals surface area contributed by atoms with Crippen molar-refractivity contribution in [2.45, 2.75) is 71.4 Å². The van der Waals surface area contributed by atoms with E-state index in [1.54, 1.807) is 0 Å². The first-order valence-corrected chi connectivity index (χ1v) is 7.42. The predicted octanol–water partition coefficient (Wildman–Crippen LogP) is 3.09. The van der Waals surface area contributed by atoms with Crippen LogP contribution in [0, 0.1) is 11.8 Å². The van der Waals surface area contributed by atoms with Gasteiger partial charge in [0.1, 0.15) is 5.60 Å². The fourth-order valence-corrected chi connectivity index (χ4v) is 2.78. The van der Waals surface area contributed by atoms with E-state index in [1.807, 2.05) is 20.8 Å². The maximum atomic E-state index is 11.8. The number of carbonyl (C=O) groups is 1. The molecule has 3 atom stereocenters. The number of rotatable bonds is 4. The monoisotopic (exact) mass is 271 g/mol. The van der Waals surface area contributed by atoms with E-state index >= 15 is 0 Å². The van der Waals surface area contributed by atoms with E-state index in [2.05, 4.69) is 12.2 Å². The summed E-state index contributed by atoms with van der Waals surface area (Å²) in [5.41, 5.74) is -0.442. The van der Waals surface area contributed by atoms with Crippen LogP contribution in [-0.2, 0) is 4.74 Å². The van der Waals surface area contributed by atoms with Crippen LogP contribution in [0.5, 0.6) is 0 Å². The average molecular weight is 271 g/mol. The minimum atomic E-state index is -0.442. The SMILES string of the molecule is CC1CC[C@@H](NC(=O)OC(C)(C)C)C[C@@H]1CCCO. The van der Waals surface area contributed by atoms with Crippen molar-refractivity contribution in [3.05, 3.63) is 0 Å². The van der Waals surface area contributed by atoms with Crippen LogP contribution in [0.3, 0.4) is 0 Å². The number of amides is 1. The van der Waals surface area contributed by atoms with E-state index < -0.39 is 5.60 Å². The van der Waals surface area contributed by atoms with E-state index in [0.717, 1.165) is 32.1 Å². The van der Waals surface area contributed by atoms with Gasteiger partial charge in [0, 0.05) is 12.6 Å². The normalized spacial score (nSPS) is 27.9. The average Bonchev–Trinajstić information content (AvgIpc) is 2.27. The van der Waals surface area contributed by atoms with Crippen LogP contribution in [0.15, 0.2) is 0 Å². The third-order valence-electron chi connectivity index (χ3n) is 3.82. The summed E-state index contributed by atoms with van der Waals surface area (Å²) >= 11 is 0. The summed E-state index contributed by atoms with van der Waals surface area (Å²) in [5, 5.41) is 11.9. The van der Waals surface area contributed by atoms with Crippen LogP contribution in [-0.4, -0.2) is 29.4 Å². The third kappa shape index (κ3) is 6.28. The van der Waals surface area contributed by atoms with Crippen molar-refractivity contribution >= 4 is 6.09 Å². The van der Waals surface area contributed by atoms with Gasteiger partial charge in [-0.05, 0) is 64.7 Å². The van der Waals surface area contributed by atoms with E-state index in [0.29, 0.717) is 11.8 Å². The van der Waals surface area contributed by atoms with Crippen LogP contribution in [0.1, 0.15) is 59.8 Å². The zero-order chi connectivity index (χ0) is 14.5. The van der Waals surface area contributed by atoms with Crippen molar-refractivity contribution < 1.29 is 14.6 Å². The molecule has 112 valence electrons. The Morgan fingerprint density at radius 3 is 2.63 bits per heavy atom. The molecule has 4 heteroatoms. The summed E-state index contributed by atoms with van der Waals surface area (Å²) in [5.74, 6) is 1.28. The molecule has 19 heavy (non-hydrogen) atoms. The van der Waals surface area contributed by atoms with Gasteiger partial charge in [0.05, 0.1) is 0 Å². The lowest BCUT2D eigenvalue weighted by Crippen LogP contribution is -2.42. The quantitative estimate of drug-likeness (QED) is 0.826. The Kier molecular flexibility index (Phi) is 6.11. The van der Waals surface area contributed by atoms with Crippen LogP contribution in [0.25, 0.3) is 0 Å². The summed E-state index contributed by atoms with van der Waals surface area (Å²) in [7, 11) is 0. The molecule has 2 N–H and O–H groups in total. The molecule has 1 aliphatic rings. The Bertz CT molecular complexity index is 286. The van der Waals surface area contributed by atoms with E-state index in [9.17, 15) is 4.79 Å². The van der Waals surface area contributed by atoms with Gasteiger partial charge in [-0.25, -0.2) is 4.79 Å². The molecule has 0 heterocycles. The lowest BCUT2D eigenvalue weighted by Gasteiger charge is -2.35. The van der Waals surface area contributed by atoms with Gasteiger partial charge in [-0.1, -0.05) is 6.92 Å². The standard InChI is InChI=1S/C15H29NO3/c1-11-7-8-13(10-12(11)6-5-9-17)16-14(18)19-15(2,3)4/h11-13,17H,5-10H2,1-4H3,(H,16,18)/t11?,12-,13+/m0/s1. The highest BCUT2D eigenvalue weighted by Gasteiger charge is 2.29. The molecule has 4 nitrogen and oxygen atoms in total. The maximum absolute atomic E-state index is 11.8. The fraction of sp³-hybridized carbons (Fsp3) is 0.933. The first-order valence-electron chi connectivity index (χ1n) is 7.42. The molecular formula is C15H29NO3. The summed E-state index contributed by atoms with van der Waals surface area (Å²) in [6, 6.07) is 0.217. The van der Waals surface area contributed by atoms with Gasteiger partial charge in [-0.2, -0.15) is 0 Å². The molecule has 1 unspecified atom stereocenters. The molecule has 0 aromatic carbocycles. The molecule has 0 spiro atoms. The van der Waals surface area contributed by atoms with Gasteiger partial charge in [0.25, 0.3) is 0 Å². The number of alkyl carbamates (subject to hydrolysis) is 1.